The lowest BCUT2D eigenvalue weighted by Crippen LogP contribution is -2.75. The molecule has 0 aliphatic heterocycles. The predicted octanol–water partition coefficient (Wildman–Crippen LogP) is 14.2. The lowest BCUT2D eigenvalue weighted by molar-refractivity contribution is -0.689. The van der Waals surface area contributed by atoms with Crippen molar-refractivity contribution in [2.75, 3.05) is 0 Å². The smallest absolute Gasteiger partial charge is 0.391 e. The molecular formula is C45H22BCl3F24N2O2. The van der Waals surface area contributed by atoms with Gasteiger partial charge in [-0.2, -0.15) is 132 Å². The number of carbonyl (C=O) groups excluding carboxylic acids is 1. The van der Waals surface area contributed by atoms with E-state index in [0.717, 1.165) is 0 Å². The molecule has 1 heterocycles. The minimum atomic E-state index is -6.13. The minimum absolute atomic E-state index is 0.0581. The zero-order chi connectivity index (χ0) is 58.5. The Morgan fingerprint density at radius 2 is 0.688 bits per heavy atom. The number of alkyl halides is 27. The molecule has 0 spiro atoms. The van der Waals surface area contributed by atoms with Crippen LogP contribution in [-0.4, -0.2) is 20.9 Å². The Morgan fingerprint density at radius 1 is 0.429 bits per heavy atom. The summed E-state index contributed by atoms with van der Waals surface area (Å²) in [5, 5.41) is 0. The Balaban J connectivity index is 0.000000455. The summed E-state index contributed by atoms with van der Waals surface area (Å²) in [5.74, 6) is 0.104. The molecule has 0 bridgehead atoms. The first-order valence-electron chi connectivity index (χ1n) is 20.2. The summed E-state index contributed by atoms with van der Waals surface area (Å²) in [6.45, 7) is 0.0581. The van der Waals surface area contributed by atoms with Crippen molar-refractivity contribution in [3.8, 4) is 5.88 Å². The van der Waals surface area contributed by atoms with E-state index in [1.165, 1.54) is 17.0 Å². The van der Waals surface area contributed by atoms with E-state index in [1.54, 1.807) is 30.5 Å². The van der Waals surface area contributed by atoms with Crippen LogP contribution in [0, 0.1) is 0 Å². The van der Waals surface area contributed by atoms with Gasteiger partial charge in [0.1, 0.15) is 12.3 Å². The highest BCUT2D eigenvalue weighted by Crippen LogP contribution is 2.41. The van der Waals surface area contributed by atoms with Crippen molar-refractivity contribution in [2.24, 2.45) is 0 Å². The van der Waals surface area contributed by atoms with Gasteiger partial charge < -0.3 is 4.74 Å². The minimum Gasteiger partial charge on any atom is -0.391 e. The SMILES string of the molecule is FC(F)(F)c1cc([B-](c2cc(C(F)(F)F)cc(C(F)(F)F)c2)(c2cc(C(F)(F)F)cc(C(F)(F)F)c2)c2cc(C(F)(F)F)cc(C(F)(F)F)c2)cc(C(F)(F)F)c1.O=C(C[n+]1ccncc1OC(Cl)(Cl)Cl)c1ccccc1. The largest absolute Gasteiger partial charge is 0.416 e. The molecule has 0 radical (unpaired) electrons. The highest BCUT2D eigenvalue weighted by molar-refractivity contribution is 7.20. The number of nitrogens with zero attached hydrogens (tertiary/aromatic N) is 2. The fraction of sp³-hybridized carbons (Fsp3) is 0.222. The molecule has 0 aliphatic rings. The van der Waals surface area contributed by atoms with E-state index >= 15 is 0 Å². The van der Waals surface area contributed by atoms with E-state index < -0.39 is 199 Å². The van der Waals surface area contributed by atoms with Crippen molar-refractivity contribution < 1.29 is 119 Å². The second kappa shape index (κ2) is 21.3. The summed E-state index contributed by atoms with van der Waals surface area (Å²) >= 11 is 16.7. The van der Waals surface area contributed by atoms with E-state index in [0.29, 0.717) is 5.56 Å². The number of hydrogen-bond donors (Lipinski definition) is 0. The molecule has 6 aromatic rings. The van der Waals surface area contributed by atoms with Gasteiger partial charge in [0.15, 0.2) is 6.20 Å². The summed E-state index contributed by atoms with van der Waals surface area (Å²) in [7, 11) is 0. The number of aromatic nitrogens is 2. The van der Waals surface area contributed by atoms with Gasteiger partial charge in [-0.1, -0.05) is 78.9 Å². The van der Waals surface area contributed by atoms with Crippen molar-refractivity contribution in [3.63, 3.8) is 0 Å². The summed E-state index contributed by atoms with van der Waals surface area (Å²) in [6, 6.07) is 0.0917. The van der Waals surface area contributed by atoms with Crippen LogP contribution in [0.25, 0.3) is 0 Å². The lowest BCUT2D eigenvalue weighted by atomic mass is 9.12. The molecule has 0 amide bonds. The second-order valence-corrected chi connectivity index (χ2v) is 18.3. The fourth-order valence-electron chi connectivity index (χ4n) is 7.65. The van der Waals surface area contributed by atoms with Crippen LogP contribution in [-0.2, 0) is 56.0 Å². The van der Waals surface area contributed by atoms with Gasteiger partial charge in [0.25, 0.3) is 0 Å². The molecule has 1 aromatic heterocycles. The summed E-state index contributed by atoms with van der Waals surface area (Å²) in [4.78, 5) is 16.0. The molecule has 0 unspecified atom stereocenters. The van der Waals surface area contributed by atoms with E-state index in [9.17, 15) is 110 Å². The molecule has 0 N–H and O–H groups in total. The second-order valence-electron chi connectivity index (χ2n) is 16.1. The van der Waals surface area contributed by atoms with Crippen LogP contribution in [0.2, 0.25) is 0 Å². The van der Waals surface area contributed by atoms with E-state index in [-0.39, 0.29) is 18.2 Å². The van der Waals surface area contributed by atoms with Crippen molar-refractivity contribution in [1.82, 2.24) is 4.98 Å². The molecule has 32 heteroatoms. The zero-order valence-electron chi connectivity index (χ0n) is 36.7. The fourth-order valence-corrected chi connectivity index (χ4v) is 7.89. The Kier molecular flexibility index (Phi) is 17.1. The summed E-state index contributed by atoms with van der Waals surface area (Å²) in [6.07, 6.45) is -50.3. The molecular weight excluding hydrogens is 1170 g/mol. The van der Waals surface area contributed by atoms with Gasteiger partial charge in [-0.15, -0.1) is 0 Å². The first kappa shape index (κ1) is 61.8. The van der Waals surface area contributed by atoms with E-state index in [2.05, 4.69) is 4.98 Å². The van der Waals surface area contributed by atoms with Gasteiger partial charge in [-0.3, -0.25) is 4.79 Å². The molecule has 5 aromatic carbocycles. The summed E-state index contributed by atoms with van der Waals surface area (Å²) < 4.78 is 346. The average molecular weight is 1200 g/mol. The summed E-state index contributed by atoms with van der Waals surface area (Å²) in [5.41, 5.74) is -29.6. The third-order valence-corrected chi connectivity index (χ3v) is 11.1. The van der Waals surface area contributed by atoms with Crippen LogP contribution in [0.15, 0.2) is 122 Å². The van der Waals surface area contributed by atoms with Crippen LogP contribution >= 0.6 is 34.8 Å². The number of halogens is 27. The van der Waals surface area contributed by atoms with E-state index in [1.807, 2.05) is 6.07 Å². The van der Waals surface area contributed by atoms with Crippen molar-refractivity contribution >= 4 is 68.6 Å². The van der Waals surface area contributed by atoms with Gasteiger partial charge in [0.2, 0.25) is 12.3 Å². The first-order chi connectivity index (χ1) is 34.7. The van der Waals surface area contributed by atoms with Gasteiger partial charge in [-0.25, -0.2) is 4.98 Å². The maximum Gasteiger partial charge on any atom is 0.416 e. The van der Waals surface area contributed by atoms with Gasteiger partial charge >= 0.3 is 59.3 Å². The maximum absolute atomic E-state index is 14.2. The quantitative estimate of drug-likeness (QED) is 0.0501. The van der Waals surface area contributed by atoms with Crippen LogP contribution in [0.3, 0.4) is 0 Å². The third kappa shape index (κ3) is 15.1. The van der Waals surface area contributed by atoms with Gasteiger partial charge in [0.05, 0.1) is 50.7 Å². The molecule has 416 valence electrons. The number of Topliss-reactive ketones (excluding diaryl/α,β-unsaturated/α-hetero) is 1. The predicted molar refractivity (Wildman–Crippen MR) is 226 cm³/mol. The molecule has 0 saturated heterocycles. The normalized spacial score (nSPS) is 13.5. The first-order valence-corrected chi connectivity index (χ1v) is 21.4. The van der Waals surface area contributed by atoms with Gasteiger partial charge in [0, 0.05) is 5.56 Å². The van der Waals surface area contributed by atoms with E-state index in [4.69, 9.17) is 39.5 Å². The van der Waals surface area contributed by atoms with Crippen LogP contribution in [0.4, 0.5) is 105 Å². The highest BCUT2D eigenvalue weighted by atomic mass is 35.6. The molecule has 0 fully saturated rings. The van der Waals surface area contributed by atoms with Crippen LogP contribution < -0.4 is 31.2 Å². The number of hydrogen-bond acceptors (Lipinski definition) is 3. The molecule has 0 saturated carbocycles. The molecule has 6 rings (SSSR count). The molecule has 0 aliphatic carbocycles. The van der Waals surface area contributed by atoms with Gasteiger partial charge in [-0.05, 0) is 59.1 Å². The Labute approximate surface area is 429 Å². The standard InChI is InChI=1S/C32H12BF24.C13H10Cl3N2O2/c34-25(35,36)13-1-14(26(37,38)39)6-21(5-13)33(22-7-15(27(40,41)42)2-16(8-22)28(43,44)45,23-9-17(29(46,47)48)3-18(10-23)30(49,50)51)24-11-19(31(52,53)54)4-20(12-24)32(55,56)57;14-13(15,16)20-12-8-17-6-7-18(12)9-11(19)10-4-2-1-3-5-10/h1-12H;1-8H,9H2/q-1;+1. The Morgan fingerprint density at radius 3 is 0.922 bits per heavy atom. The van der Waals surface area contributed by atoms with Crippen molar-refractivity contribution in [1.29, 1.82) is 0 Å². The van der Waals surface area contributed by atoms with Crippen LogP contribution in [0.1, 0.15) is 54.9 Å². The maximum atomic E-state index is 14.2. The number of ether oxygens (including phenoxy) is 1. The number of benzene rings is 5. The van der Waals surface area contributed by atoms with Crippen molar-refractivity contribution in [3.05, 3.63) is 172 Å². The zero-order valence-corrected chi connectivity index (χ0v) is 39.0. The lowest BCUT2D eigenvalue weighted by Gasteiger charge is -2.46. The number of carbonyl (C=O) groups is 1. The Bertz CT molecular complexity index is 2670. The third-order valence-electron chi connectivity index (χ3n) is 10.9. The van der Waals surface area contributed by atoms with Crippen LogP contribution in [0.5, 0.6) is 5.88 Å². The number of ketones is 1. The molecule has 77 heavy (non-hydrogen) atoms. The Hall–Kier alpha value is -6.10. The monoisotopic (exact) mass is 1190 g/mol. The van der Waals surface area contributed by atoms with Crippen molar-refractivity contribution in [2.45, 2.75) is 59.9 Å². The number of rotatable bonds is 8. The molecule has 4 nitrogen and oxygen atoms in total. The average Bonchev–Trinajstić information content (AvgIpc) is 3.27. The topological polar surface area (TPSA) is 43.1 Å². The molecule has 0 atom stereocenters. The highest BCUT2D eigenvalue weighted by Gasteiger charge is 2.47.